The first-order valence-electron chi connectivity index (χ1n) is 9.12. The number of likely N-dealkylation sites (N-methyl/N-ethyl adjacent to an activating group) is 1. The van der Waals surface area contributed by atoms with Crippen molar-refractivity contribution >= 4 is 29.2 Å². The van der Waals surface area contributed by atoms with Gasteiger partial charge in [-0.2, -0.15) is 0 Å². The molecular weight excluding hydrogens is 385 g/mol. The number of hydrogen-bond donors (Lipinski definition) is 3. The molecule has 10 heteroatoms. The molecule has 3 N–H and O–H groups in total. The Morgan fingerprint density at radius 3 is 2.76 bits per heavy atom. The highest BCUT2D eigenvalue weighted by Crippen LogP contribution is 2.29. The van der Waals surface area contributed by atoms with Crippen molar-refractivity contribution in [1.29, 1.82) is 0 Å². The first-order valence-corrected chi connectivity index (χ1v) is 9.12. The van der Waals surface area contributed by atoms with Crippen LogP contribution in [-0.2, 0) is 14.3 Å². The van der Waals surface area contributed by atoms with Gasteiger partial charge in [0, 0.05) is 25.7 Å². The van der Waals surface area contributed by atoms with Crippen molar-refractivity contribution in [3.8, 4) is 0 Å². The van der Waals surface area contributed by atoms with E-state index in [1.54, 1.807) is 12.1 Å². The number of carbonyl (C=O) groups excluding carboxylic acids is 3. The highest BCUT2D eigenvalue weighted by molar-refractivity contribution is 5.95. The second-order valence-electron chi connectivity index (χ2n) is 6.72. The van der Waals surface area contributed by atoms with E-state index < -0.39 is 42.5 Å². The summed E-state index contributed by atoms with van der Waals surface area (Å²) in [6, 6.07) is 4.31. The molecule has 1 saturated heterocycles. The first-order chi connectivity index (χ1) is 13.8. The normalized spacial score (nSPS) is 20.2. The lowest BCUT2D eigenvalue weighted by Crippen LogP contribution is -2.42. The number of halogens is 1. The van der Waals surface area contributed by atoms with Gasteiger partial charge in [0.15, 0.2) is 12.2 Å². The van der Waals surface area contributed by atoms with Crippen LogP contribution >= 0.6 is 0 Å². The van der Waals surface area contributed by atoms with Crippen LogP contribution in [0.3, 0.4) is 0 Å². The Labute approximate surface area is 166 Å². The molecule has 29 heavy (non-hydrogen) atoms. The van der Waals surface area contributed by atoms with Crippen LogP contribution in [0.1, 0.15) is 12.0 Å². The molecule has 0 bridgehead atoms. The average Bonchev–Trinajstić information content (AvgIpc) is 3.13. The lowest BCUT2D eigenvalue weighted by molar-refractivity contribution is -0.141. The van der Waals surface area contributed by atoms with Crippen LogP contribution in [0.5, 0.6) is 0 Å². The predicted octanol–water partition coefficient (Wildman–Crippen LogP) is -0.134. The molecule has 0 saturated carbocycles. The summed E-state index contributed by atoms with van der Waals surface area (Å²) in [5.74, 6) is -1.55. The van der Waals surface area contributed by atoms with Crippen LogP contribution in [0.4, 0.5) is 14.9 Å². The number of aliphatic hydroxyl groups is 2. The van der Waals surface area contributed by atoms with E-state index in [-0.39, 0.29) is 25.3 Å². The Morgan fingerprint density at radius 2 is 2.17 bits per heavy atom. The van der Waals surface area contributed by atoms with E-state index in [1.807, 2.05) is 0 Å². The smallest absolute Gasteiger partial charge is 0.415 e. The molecule has 2 heterocycles. The molecule has 2 aliphatic heterocycles. The van der Waals surface area contributed by atoms with Gasteiger partial charge in [-0.05, 0) is 30.2 Å². The van der Waals surface area contributed by atoms with Crippen LogP contribution in [0.25, 0.3) is 5.57 Å². The number of nitrogens with zero attached hydrogens (tertiary/aromatic N) is 2. The molecule has 0 radical (unpaired) electrons. The Balaban J connectivity index is 1.72. The van der Waals surface area contributed by atoms with E-state index in [1.165, 1.54) is 29.0 Å². The zero-order valence-electron chi connectivity index (χ0n) is 15.8. The third kappa shape index (κ3) is 4.22. The molecule has 0 unspecified atom stereocenters. The van der Waals surface area contributed by atoms with Crippen LogP contribution in [-0.4, -0.2) is 78.5 Å². The van der Waals surface area contributed by atoms with Crippen molar-refractivity contribution < 1.29 is 33.7 Å². The maximum atomic E-state index is 14.7. The van der Waals surface area contributed by atoms with E-state index in [0.717, 1.165) is 0 Å². The quantitative estimate of drug-likeness (QED) is 0.625. The van der Waals surface area contributed by atoms with Gasteiger partial charge in [-0.1, -0.05) is 6.08 Å². The third-order valence-corrected chi connectivity index (χ3v) is 4.94. The maximum absolute atomic E-state index is 14.7. The second kappa shape index (κ2) is 8.58. The van der Waals surface area contributed by atoms with Gasteiger partial charge in [0.2, 0.25) is 0 Å². The SMILES string of the molecule is CNC(=O)[C@H]1CN(c2ccc(C3=CCN(C(=O)[C@@H](O)CO)CC3)c(F)c2)C(=O)O1. The minimum absolute atomic E-state index is 0.00968. The van der Waals surface area contributed by atoms with Crippen molar-refractivity contribution in [2.24, 2.45) is 0 Å². The Morgan fingerprint density at radius 1 is 1.41 bits per heavy atom. The van der Waals surface area contributed by atoms with Crippen molar-refractivity contribution in [1.82, 2.24) is 10.2 Å². The number of rotatable bonds is 5. The highest BCUT2D eigenvalue weighted by Gasteiger charge is 2.36. The summed E-state index contributed by atoms with van der Waals surface area (Å²) in [7, 11) is 1.43. The van der Waals surface area contributed by atoms with Crippen molar-refractivity contribution in [2.45, 2.75) is 18.6 Å². The summed E-state index contributed by atoms with van der Waals surface area (Å²) in [4.78, 5) is 38.1. The van der Waals surface area contributed by atoms with Gasteiger partial charge in [0.25, 0.3) is 11.8 Å². The molecule has 3 rings (SSSR count). The van der Waals surface area contributed by atoms with Crippen molar-refractivity contribution in [3.63, 3.8) is 0 Å². The molecule has 3 amide bonds. The molecule has 0 aromatic heterocycles. The van der Waals surface area contributed by atoms with Gasteiger partial charge in [-0.3, -0.25) is 14.5 Å². The van der Waals surface area contributed by atoms with E-state index in [2.05, 4.69) is 5.32 Å². The lowest BCUT2D eigenvalue weighted by atomic mass is 9.98. The zero-order valence-corrected chi connectivity index (χ0v) is 15.8. The molecule has 1 aromatic rings. The molecule has 2 aliphatic rings. The summed E-state index contributed by atoms with van der Waals surface area (Å²) < 4.78 is 19.7. The number of hydrogen-bond acceptors (Lipinski definition) is 6. The summed E-state index contributed by atoms with van der Waals surface area (Å²) in [5.41, 5.74) is 1.32. The second-order valence-corrected chi connectivity index (χ2v) is 6.72. The van der Waals surface area contributed by atoms with E-state index in [9.17, 15) is 23.9 Å². The molecule has 1 fully saturated rings. The number of nitrogens with one attached hydrogen (secondary N) is 1. The number of cyclic esters (lactones) is 1. The van der Waals surface area contributed by atoms with Crippen molar-refractivity contribution in [3.05, 3.63) is 35.7 Å². The Kier molecular flexibility index (Phi) is 6.14. The standard InChI is InChI=1S/C19H22FN3O6/c1-21-17(26)16-9-23(19(28)29-16)12-2-3-13(14(20)8-12)11-4-6-22(7-5-11)18(27)15(25)10-24/h2-4,8,15-16,24-25H,5-7,9-10H2,1H3,(H,21,26)/t15-,16+/m0/s1. The van der Waals surface area contributed by atoms with Gasteiger partial charge in [0.05, 0.1) is 18.8 Å². The molecule has 1 aromatic carbocycles. The Bertz CT molecular complexity index is 858. The monoisotopic (exact) mass is 407 g/mol. The van der Waals surface area contributed by atoms with Gasteiger partial charge in [-0.15, -0.1) is 0 Å². The molecule has 9 nitrogen and oxygen atoms in total. The summed E-state index contributed by atoms with van der Waals surface area (Å²) in [6.45, 7) is -0.181. The number of benzene rings is 1. The summed E-state index contributed by atoms with van der Waals surface area (Å²) in [5, 5.41) is 20.7. The fraction of sp³-hybridized carbons (Fsp3) is 0.421. The number of anilines is 1. The average molecular weight is 407 g/mol. The van der Waals surface area contributed by atoms with E-state index >= 15 is 0 Å². The fourth-order valence-electron chi connectivity index (χ4n) is 3.31. The molecule has 156 valence electrons. The first kappa shape index (κ1) is 20.7. The molecule has 2 atom stereocenters. The van der Waals surface area contributed by atoms with Gasteiger partial charge >= 0.3 is 6.09 Å². The number of amides is 3. The number of ether oxygens (including phenoxy) is 1. The van der Waals surface area contributed by atoms with Crippen LogP contribution in [0, 0.1) is 5.82 Å². The molecule has 0 spiro atoms. The van der Waals surface area contributed by atoms with Gasteiger partial charge < -0.3 is 25.2 Å². The Hall–Kier alpha value is -2.98. The molecular formula is C19H22FN3O6. The minimum Gasteiger partial charge on any atom is -0.434 e. The topological polar surface area (TPSA) is 119 Å². The summed E-state index contributed by atoms with van der Waals surface area (Å²) >= 11 is 0. The van der Waals surface area contributed by atoms with E-state index in [4.69, 9.17) is 9.84 Å². The summed E-state index contributed by atoms with van der Waals surface area (Å²) in [6.07, 6.45) is -1.06. The fourth-order valence-corrected chi connectivity index (χ4v) is 3.31. The van der Waals surface area contributed by atoms with Crippen LogP contribution in [0.2, 0.25) is 0 Å². The largest absolute Gasteiger partial charge is 0.434 e. The zero-order chi connectivity index (χ0) is 21.1. The van der Waals surface area contributed by atoms with Crippen LogP contribution < -0.4 is 10.2 Å². The maximum Gasteiger partial charge on any atom is 0.415 e. The van der Waals surface area contributed by atoms with Gasteiger partial charge in [-0.25, -0.2) is 9.18 Å². The van der Waals surface area contributed by atoms with Crippen LogP contribution in [0.15, 0.2) is 24.3 Å². The lowest BCUT2D eigenvalue weighted by Gasteiger charge is -2.28. The number of carbonyl (C=O) groups is 3. The minimum atomic E-state index is -1.46. The van der Waals surface area contributed by atoms with Gasteiger partial charge in [0.1, 0.15) is 5.82 Å². The number of aliphatic hydroxyl groups excluding tert-OH is 2. The van der Waals surface area contributed by atoms with E-state index in [0.29, 0.717) is 17.6 Å². The predicted molar refractivity (Wildman–Crippen MR) is 100 cm³/mol. The molecule has 0 aliphatic carbocycles. The third-order valence-electron chi connectivity index (χ3n) is 4.94. The van der Waals surface area contributed by atoms with Crippen molar-refractivity contribution in [2.75, 3.05) is 38.2 Å². The highest BCUT2D eigenvalue weighted by atomic mass is 19.1.